The van der Waals surface area contributed by atoms with Gasteiger partial charge in [0.2, 0.25) is 0 Å². The third kappa shape index (κ3) is 7.56. The third-order valence-electron chi connectivity index (χ3n) is 4.65. The van der Waals surface area contributed by atoms with E-state index in [9.17, 15) is 0 Å². The van der Waals surface area contributed by atoms with Crippen LogP contribution in [0.5, 0.6) is 0 Å². The first-order valence-corrected chi connectivity index (χ1v) is 12.7. The molecule has 3 rings (SSSR count). The highest BCUT2D eigenvalue weighted by atomic mass is 33.1. The van der Waals surface area contributed by atoms with Crippen molar-refractivity contribution in [3.05, 3.63) is 95.3 Å². The Balaban J connectivity index is 1.51. The highest BCUT2D eigenvalue weighted by Gasteiger charge is 2.07. The molecule has 2 aromatic carbocycles. The molecule has 3 N–H and O–H groups in total. The molecule has 5 heteroatoms. The molecule has 0 aliphatic heterocycles. The number of benzene rings is 2. The lowest BCUT2D eigenvalue weighted by atomic mass is 10.1. The van der Waals surface area contributed by atoms with E-state index in [1.165, 1.54) is 22.4 Å². The van der Waals surface area contributed by atoms with Gasteiger partial charge in [0.15, 0.2) is 18.4 Å². The minimum Gasteiger partial charge on any atom is -0.384 e. The fraction of sp³-hybridized carbons (Fsp3) is 0.240. The second kappa shape index (κ2) is 12.5. The van der Waals surface area contributed by atoms with Crippen molar-refractivity contribution in [1.29, 1.82) is 0 Å². The summed E-state index contributed by atoms with van der Waals surface area (Å²) in [4.78, 5) is 0. The molecule has 3 nitrogen and oxygen atoms in total. The molecule has 0 unspecified atom stereocenters. The Bertz CT molecular complexity index is 925. The summed E-state index contributed by atoms with van der Waals surface area (Å²) in [5, 5.41) is 3.46. The molecule has 0 aliphatic carbocycles. The summed E-state index contributed by atoms with van der Waals surface area (Å²) in [5.41, 5.74) is 11.6. The van der Waals surface area contributed by atoms with Crippen LogP contribution < -0.4 is 15.6 Å². The van der Waals surface area contributed by atoms with E-state index in [0.717, 1.165) is 36.8 Å². The lowest BCUT2D eigenvalue weighted by Crippen LogP contribution is -2.37. The van der Waals surface area contributed by atoms with E-state index >= 15 is 0 Å². The highest BCUT2D eigenvalue weighted by Crippen LogP contribution is 2.20. The van der Waals surface area contributed by atoms with Crippen LogP contribution in [0.1, 0.15) is 22.4 Å². The van der Waals surface area contributed by atoms with Gasteiger partial charge >= 0.3 is 0 Å². The van der Waals surface area contributed by atoms with Gasteiger partial charge in [0, 0.05) is 54.9 Å². The van der Waals surface area contributed by atoms with Gasteiger partial charge in [0.05, 0.1) is 0 Å². The number of rotatable bonds is 11. The topological polar surface area (TPSA) is 41.9 Å². The van der Waals surface area contributed by atoms with Gasteiger partial charge in [-0.15, -0.1) is 0 Å². The predicted molar refractivity (Wildman–Crippen MR) is 135 cm³/mol. The number of anilines is 1. The van der Waals surface area contributed by atoms with E-state index in [1.807, 2.05) is 21.6 Å². The van der Waals surface area contributed by atoms with Crippen LogP contribution in [0.25, 0.3) is 12.2 Å². The minimum absolute atomic E-state index is 0.746. The first-order chi connectivity index (χ1) is 14.7. The number of aryl methyl sites for hydroxylation is 1. The van der Waals surface area contributed by atoms with Crippen LogP contribution in [0.3, 0.4) is 0 Å². The maximum Gasteiger partial charge on any atom is 0.179 e. The van der Waals surface area contributed by atoms with E-state index in [0.29, 0.717) is 0 Å². The second-order valence-corrected chi connectivity index (χ2v) is 9.73. The van der Waals surface area contributed by atoms with E-state index in [4.69, 9.17) is 5.73 Å². The van der Waals surface area contributed by atoms with Gasteiger partial charge in [-0.2, -0.15) is 4.57 Å². The number of pyridine rings is 1. The molecule has 0 amide bonds. The SMILES string of the molecule is Cc1cc(/C=C/c2ccc(NCCSSCCN)cc2)cc[n+]1Cc1ccccc1. The number of nitrogens with two attached hydrogens (primary N) is 1. The largest absolute Gasteiger partial charge is 0.384 e. The molecule has 156 valence electrons. The summed E-state index contributed by atoms with van der Waals surface area (Å²) >= 11 is 0. The Labute approximate surface area is 188 Å². The first kappa shape index (κ1) is 22.5. The molecule has 3 aromatic rings. The van der Waals surface area contributed by atoms with Gasteiger partial charge in [-0.05, 0) is 23.3 Å². The maximum absolute atomic E-state index is 5.50. The van der Waals surface area contributed by atoms with Crippen LogP contribution in [0.15, 0.2) is 72.9 Å². The molecule has 0 saturated heterocycles. The molecule has 1 heterocycles. The van der Waals surface area contributed by atoms with Crippen LogP contribution >= 0.6 is 21.6 Å². The molecule has 0 fully saturated rings. The van der Waals surface area contributed by atoms with E-state index in [2.05, 4.69) is 102 Å². The third-order valence-corrected chi connectivity index (χ3v) is 7.09. The Morgan fingerprint density at radius 3 is 2.37 bits per heavy atom. The standard InChI is InChI=1S/C25H29N3S2/c1-21-19-23(13-16-28(21)20-24-5-3-2-4-6-24)8-7-22-9-11-25(12-10-22)27-15-18-30-29-17-14-26/h2-13,16,19H,14-15,17-18,20,26H2,1H3/p+1. The predicted octanol–water partition coefficient (Wildman–Crippen LogP) is 5.25. The fourth-order valence-corrected chi connectivity index (χ4v) is 4.80. The van der Waals surface area contributed by atoms with Crippen molar-refractivity contribution in [2.75, 3.05) is 29.9 Å². The number of hydrogen-bond donors (Lipinski definition) is 2. The molecular formula is C25H30N3S2+. The Hall–Kier alpha value is -2.21. The average Bonchev–Trinajstić information content (AvgIpc) is 2.78. The Morgan fingerprint density at radius 1 is 0.900 bits per heavy atom. The summed E-state index contributed by atoms with van der Waals surface area (Å²) in [7, 11) is 3.71. The van der Waals surface area contributed by atoms with Crippen LogP contribution in [-0.2, 0) is 6.54 Å². The zero-order valence-electron chi connectivity index (χ0n) is 17.5. The van der Waals surface area contributed by atoms with Gasteiger partial charge in [0.1, 0.15) is 0 Å². The first-order valence-electron chi connectivity index (χ1n) is 10.2. The highest BCUT2D eigenvalue weighted by molar-refractivity contribution is 8.76. The summed E-state index contributed by atoms with van der Waals surface area (Å²) in [6.45, 7) is 4.77. The van der Waals surface area contributed by atoms with Gasteiger partial charge in [-0.1, -0.05) is 76.2 Å². The van der Waals surface area contributed by atoms with Crippen molar-refractivity contribution in [1.82, 2.24) is 0 Å². The summed E-state index contributed by atoms with van der Waals surface area (Å²) < 4.78 is 2.28. The maximum atomic E-state index is 5.50. The smallest absolute Gasteiger partial charge is 0.179 e. The summed E-state index contributed by atoms with van der Waals surface area (Å²) in [6, 6.07) is 23.6. The Morgan fingerprint density at radius 2 is 1.63 bits per heavy atom. The van der Waals surface area contributed by atoms with Gasteiger partial charge in [0.25, 0.3) is 0 Å². The molecule has 1 aromatic heterocycles. The molecular weight excluding hydrogens is 406 g/mol. The van der Waals surface area contributed by atoms with Crippen molar-refractivity contribution in [3.63, 3.8) is 0 Å². The van der Waals surface area contributed by atoms with Crippen LogP contribution in [0.2, 0.25) is 0 Å². The second-order valence-electron chi connectivity index (χ2n) is 7.03. The van der Waals surface area contributed by atoms with Gasteiger partial charge < -0.3 is 11.1 Å². The fourth-order valence-electron chi connectivity index (χ4n) is 3.03. The molecule has 0 saturated carbocycles. The van der Waals surface area contributed by atoms with E-state index < -0.39 is 0 Å². The van der Waals surface area contributed by atoms with Crippen LogP contribution in [-0.4, -0.2) is 24.6 Å². The number of nitrogens with one attached hydrogen (secondary N) is 1. The minimum atomic E-state index is 0.746. The van der Waals surface area contributed by atoms with Crippen molar-refractivity contribution in [2.45, 2.75) is 13.5 Å². The van der Waals surface area contributed by atoms with E-state index in [-0.39, 0.29) is 0 Å². The molecule has 0 atom stereocenters. The zero-order chi connectivity index (χ0) is 21.0. The van der Waals surface area contributed by atoms with Crippen molar-refractivity contribution >= 4 is 39.4 Å². The normalized spacial score (nSPS) is 11.1. The zero-order valence-corrected chi connectivity index (χ0v) is 19.1. The number of nitrogens with zero attached hydrogens (tertiary/aromatic N) is 1. The van der Waals surface area contributed by atoms with E-state index in [1.54, 1.807) is 0 Å². The molecule has 0 radical (unpaired) electrons. The van der Waals surface area contributed by atoms with Crippen molar-refractivity contribution in [2.24, 2.45) is 5.73 Å². The summed E-state index contributed by atoms with van der Waals surface area (Å²) in [6.07, 6.45) is 6.51. The number of aromatic nitrogens is 1. The monoisotopic (exact) mass is 436 g/mol. The molecule has 0 aliphatic rings. The van der Waals surface area contributed by atoms with Crippen LogP contribution in [0.4, 0.5) is 5.69 Å². The quantitative estimate of drug-likeness (QED) is 0.245. The molecule has 0 bridgehead atoms. The lowest BCUT2D eigenvalue weighted by Gasteiger charge is -2.06. The van der Waals surface area contributed by atoms with Crippen LogP contribution in [0, 0.1) is 6.92 Å². The summed E-state index contributed by atoms with van der Waals surface area (Å²) in [5.74, 6) is 2.09. The van der Waals surface area contributed by atoms with Crippen molar-refractivity contribution < 1.29 is 4.57 Å². The molecule has 0 spiro atoms. The van der Waals surface area contributed by atoms with Crippen molar-refractivity contribution in [3.8, 4) is 0 Å². The van der Waals surface area contributed by atoms with Gasteiger partial charge in [-0.25, -0.2) is 0 Å². The lowest BCUT2D eigenvalue weighted by molar-refractivity contribution is -0.694. The Kier molecular flexibility index (Phi) is 9.35. The van der Waals surface area contributed by atoms with Gasteiger partial charge in [-0.3, -0.25) is 0 Å². The average molecular weight is 437 g/mol. The molecule has 30 heavy (non-hydrogen) atoms. The number of hydrogen-bond acceptors (Lipinski definition) is 4.